The lowest BCUT2D eigenvalue weighted by Gasteiger charge is -2.19. The smallest absolute Gasteiger partial charge is 0.326 e. The number of aromatic amines is 1. The molecule has 1 aromatic heterocycles. The monoisotopic (exact) mass is 189 g/mol. The molecule has 0 unspecified atom stereocenters. The Morgan fingerprint density at radius 1 is 1.50 bits per heavy atom. The molecule has 0 bridgehead atoms. The Morgan fingerprint density at radius 2 is 2.36 bits per heavy atom. The second-order valence-corrected chi connectivity index (χ2v) is 3.82. The van der Waals surface area contributed by atoms with Gasteiger partial charge < -0.3 is 10.7 Å². The Bertz CT molecular complexity index is 552. The molecule has 1 aromatic carbocycles. The van der Waals surface area contributed by atoms with E-state index >= 15 is 0 Å². The van der Waals surface area contributed by atoms with Crippen LogP contribution in [-0.2, 0) is 13.0 Å². The highest BCUT2D eigenvalue weighted by molar-refractivity contribution is 5.79. The highest BCUT2D eigenvalue weighted by Gasteiger charge is 2.19. The highest BCUT2D eigenvalue weighted by atomic mass is 16.1. The van der Waals surface area contributed by atoms with Crippen molar-refractivity contribution in [1.29, 1.82) is 0 Å². The van der Waals surface area contributed by atoms with Gasteiger partial charge in [-0.2, -0.15) is 0 Å². The van der Waals surface area contributed by atoms with Gasteiger partial charge in [0.2, 0.25) is 0 Å². The van der Waals surface area contributed by atoms with Crippen LogP contribution in [0, 0.1) is 0 Å². The first-order chi connectivity index (χ1) is 6.75. The lowest BCUT2D eigenvalue weighted by molar-refractivity contribution is 0.529. The summed E-state index contributed by atoms with van der Waals surface area (Å²) in [7, 11) is 0. The van der Waals surface area contributed by atoms with Crippen LogP contribution in [0.2, 0.25) is 0 Å². The maximum Gasteiger partial charge on any atom is 0.326 e. The van der Waals surface area contributed by atoms with E-state index in [9.17, 15) is 4.79 Å². The van der Waals surface area contributed by atoms with Crippen LogP contribution in [0.4, 0.5) is 0 Å². The zero-order valence-corrected chi connectivity index (χ0v) is 7.66. The average molecular weight is 189 g/mol. The van der Waals surface area contributed by atoms with Gasteiger partial charge in [0.1, 0.15) is 0 Å². The molecule has 0 saturated carbocycles. The molecule has 3 rings (SSSR count). The number of nitrogens with two attached hydrogens (primary N) is 1. The molecule has 0 radical (unpaired) electrons. The van der Waals surface area contributed by atoms with Crippen molar-refractivity contribution >= 4 is 11.0 Å². The summed E-state index contributed by atoms with van der Waals surface area (Å²) in [6.45, 7) is 0.621. The first-order valence-electron chi connectivity index (χ1n) is 4.71. The Balaban J connectivity index is 2.47. The first-order valence-corrected chi connectivity index (χ1v) is 4.71. The number of nitrogens with one attached hydrogen (secondary N) is 1. The number of imidazole rings is 1. The Kier molecular flexibility index (Phi) is 1.39. The molecule has 0 fully saturated rings. The van der Waals surface area contributed by atoms with Crippen molar-refractivity contribution < 1.29 is 0 Å². The second-order valence-electron chi connectivity index (χ2n) is 3.82. The third-order valence-corrected chi connectivity index (χ3v) is 2.78. The average Bonchev–Trinajstić information content (AvgIpc) is 2.45. The Labute approximate surface area is 80.3 Å². The molecular weight excluding hydrogens is 178 g/mol. The summed E-state index contributed by atoms with van der Waals surface area (Å²) in [5.74, 6) is 0. The summed E-state index contributed by atoms with van der Waals surface area (Å²) in [5, 5.41) is 0. The van der Waals surface area contributed by atoms with Crippen molar-refractivity contribution in [3.63, 3.8) is 0 Å². The molecule has 72 valence electrons. The van der Waals surface area contributed by atoms with E-state index in [-0.39, 0.29) is 11.7 Å². The Hall–Kier alpha value is -1.55. The fourth-order valence-electron chi connectivity index (χ4n) is 2.22. The zero-order chi connectivity index (χ0) is 9.71. The summed E-state index contributed by atoms with van der Waals surface area (Å²) in [5.41, 5.74) is 8.94. The van der Waals surface area contributed by atoms with Gasteiger partial charge in [-0.25, -0.2) is 4.79 Å². The first kappa shape index (κ1) is 7.82. The van der Waals surface area contributed by atoms with Crippen molar-refractivity contribution in [2.45, 2.75) is 19.0 Å². The quantitative estimate of drug-likeness (QED) is 0.622. The van der Waals surface area contributed by atoms with Crippen LogP contribution >= 0.6 is 0 Å². The topological polar surface area (TPSA) is 63.8 Å². The lowest BCUT2D eigenvalue weighted by Crippen LogP contribution is -2.35. The van der Waals surface area contributed by atoms with Crippen LogP contribution in [0.5, 0.6) is 0 Å². The maximum atomic E-state index is 11.6. The van der Waals surface area contributed by atoms with E-state index in [2.05, 4.69) is 4.98 Å². The van der Waals surface area contributed by atoms with Crippen LogP contribution in [0.3, 0.4) is 0 Å². The van der Waals surface area contributed by atoms with Crippen LogP contribution in [0.1, 0.15) is 5.56 Å². The van der Waals surface area contributed by atoms with Crippen LogP contribution < -0.4 is 11.4 Å². The molecule has 14 heavy (non-hydrogen) atoms. The third kappa shape index (κ3) is 0.886. The molecule has 0 amide bonds. The number of para-hydroxylation sites is 1. The number of aromatic nitrogens is 2. The lowest BCUT2D eigenvalue weighted by atomic mass is 10.0. The number of rotatable bonds is 0. The molecule has 1 atom stereocenters. The number of hydrogen-bond donors (Lipinski definition) is 2. The van der Waals surface area contributed by atoms with Gasteiger partial charge in [-0.3, -0.25) is 4.57 Å². The van der Waals surface area contributed by atoms with Gasteiger partial charge in [-0.1, -0.05) is 12.1 Å². The molecule has 1 aliphatic rings. The van der Waals surface area contributed by atoms with Gasteiger partial charge in [0, 0.05) is 12.6 Å². The molecule has 3 N–H and O–H groups in total. The van der Waals surface area contributed by atoms with Gasteiger partial charge in [-0.15, -0.1) is 0 Å². The van der Waals surface area contributed by atoms with Crippen molar-refractivity contribution in [2.24, 2.45) is 5.73 Å². The van der Waals surface area contributed by atoms with Crippen molar-refractivity contribution in [3.05, 3.63) is 34.2 Å². The van der Waals surface area contributed by atoms with E-state index < -0.39 is 0 Å². The standard InChI is InChI=1S/C10H11N3O/c11-7-4-6-2-1-3-8-9(6)13(5-7)10(14)12-8/h1-3,7H,4-5,11H2,(H,12,14)/t7-/m0/s1. The van der Waals surface area contributed by atoms with Gasteiger partial charge in [0.25, 0.3) is 0 Å². The van der Waals surface area contributed by atoms with Crippen LogP contribution in [0.25, 0.3) is 11.0 Å². The van der Waals surface area contributed by atoms with Crippen LogP contribution in [-0.4, -0.2) is 15.6 Å². The van der Waals surface area contributed by atoms with Crippen molar-refractivity contribution in [3.8, 4) is 0 Å². The fraction of sp³-hybridized carbons (Fsp3) is 0.300. The third-order valence-electron chi connectivity index (χ3n) is 2.78. The second kappa shape index (κ2) is 2.48. The minimum Gasteiger partial charge on any atom is -0.326 e. The number of benzene rings is 1. The van der Waals surface area contributed by atoms with E-state index in [1.54, 1.807) is 4.57 Å². The summed E-state index contributed by atoms with van der Waals surface area (Å²) in [6.07, 6.45) is 0.856. The predicted molar refractivity (Wildman–Crippen MR) is 54.2 cm³/mol. The molecule has 4 heteroatoms. The van der Waals surface area contributed by atoms with Gasteiger partial charge in [0.15, 0.2) is 0 Å². The number of H-pyrrole nitrogens is 1. The molecule has 0 spiro atoms. The van der Waals surface area contributed by atoms with E-state index in [0.717, 1.165) is 17.5 Å². The summed E-state index contributed by atoms with van der Waals surface area (Å²) >= 11 is 0. The molecule has 0 saturated heterocycles. The van der Waals surface area contributed by atoms with Gasteiger partial charge in [0.05, 0.1) is 11.0 Å². The van der Waals surface area contributed by atoms with E-state index in [4.69, 9.17) is 5.73 Å². The normalized spacial score (nSPS) is 20.2. The van der Waals surface area contributed by atoms with E-state index in [1.165, 1.54) is 5.56 Å². The maximum absolute atomic E-state index is 11.6. The minimum absolute atomic E-state index is 0.0531. The summed E-state index contributed by atoms with van der Waals surface area (Å²) < 4.78 is 1.73. The van der Waals surface area contributed by atoms with E-state index in [0.29, 0.717) is 6.54 Å². The molecule has 2 heterocycles. The van der Waals surface area contributed by atoms with Crippen LogP contribution in [0.15, 0.2) is 23.0 Å². The van der Waals surface area contributed by atoms with Crippen molar-refractivity contribution in [1.82, 2.24) is 9.55 Å². The van der Waals surface area contributed by atoms with Gasteiger partial charge >= 0.3 is 5.69 Å². The minimum atomic E-state index is -0.0531. The number of nitrogens with zero attached hydrogens (tertiary/aromatic N) is 1. The van der Waals surface area contributed by atoms with Crippen molar-refractivity contribution in [2.75, 3.05) is 0 Å². The molecule has 4 nitrogen and oxygen atoms in total. The fourth-order valence-corrected chi connectivity index (χ4v) is 2.22. The molecule has 0 aliphatic carbocycles. The Morgan fingerprint density at radius 3 is 3.21 bits per heavy atom. The number of hydrogen-bond acceptors (Lipinski definition) is 2. The van der Waals surface area contributed by atoms with E-state index in [1.807, 2.05) is 18.2 Å². The summed E-state index contributed by atoms with van der Waals surface area (Å²) in [6, 6.07) is 5.97. The predicted octanol–water partition coefficient (Wildman–Crippen LogP) is 0.213. The SMILES string of the molecule is N[C@H]1Cc2cccc3[nH]c(=O)n(c23)C1. The molecule has 1 aliphatic heterocycles. The summed E-state index contributed by atoms with van der Waals surface area (Å²) in [4.78, 5) is 14.4. The molecule has 2 aromatic rings. The largest absolute Gasteiger partial charge is 0.326 e. The molecular formula is C10H11N3O. The zero-order valence-electron chi connectivity index (χ0n) is 7.66. The highest BCUT2D eigenvalue weighted by Crippen LogP contribution is 2.21. The van der Waals surface area contributed by atoms with Gasteiger partial charge in [-0.05, 0) is 18.1 Å².